The molecule has 6 nitrogen and oxygen atoms in total. The second kappa shape index (κ2) is 8.08. The number of carboxylic acids is 1. The van der Waals surface area contributed by atoms with Gasteiger partial charge in [0, 0.05) is 6.42 Å². The van der Waals surface area contributed by atoms with Crippen molar-refractivity contribution in [1.82, 2.24) is 5.32 Å². The highest BCUT2D eigenvalue weighted by Crippen LogP contribution is 2.02. The van der Waals surface area contributed by atoms with Crippen LogP contribution < -0.4 is 11.1 Å². The number of carbonyl (C=O) groups is 3. The first kappa shape index (κ1) is 15.9. The molecule has 0 saturated heterocycles. The van der Waals surface area contributed by atoms with Gasteiger partial charge in [-0.05, 0) is 12.8 Å². The molecule has 0 radical (unpaired) electrons. The van der Waals surface area contributed by atoms with Crippen LogP contribution in [-0.2, 0) is 14.4 Å². The van der Waals surface area contributed by atoms with Gasteiger partial charge in [0.15, 0.2) is 0 Å². The van der Waals surface area contributed by atoms with E-state index in [-0.39, 0.29) is 12.8 Å². The minimum atomic E-state index is -1.01. The van der Waals surface area contributed by atoms with Crippen LogP contribution in [0.1, 0.15) is 32.6 Å². The molecule has 17 heavy (non-hydrogen) atoms. The highest BCUT2D eigenvalue weighted by atomic mass is 32.1. The minimum absolute atomic E-state index is 0.0424. The van der Waals surface area contributed by atoms with Crippen molar-refractivity contribution < 1.29 is 19.5 Å². The van der Waals surface area contributed by atoms with E-state index in [9.17, 15) is 14.4 Å². The lowest BCUT2D eigenvalue weighted by molar-refractivity contribution is -0.137. The van der Waals surface area contributed by atoms with Crippen LogP contribution in [0, 0.1) is 0 Å². The zero-order valence-corrected chi connectivity index (χ0v) is 10.6. The average Bonchev–Trinajstić information content (AvgIpc) is 2.24. The van der Waals surface area contributed by atoms with Crippen molar-refractivity contribution in [2.75, 3.05) is 0 Å². The van der Waals surface area contributed by atoms with Gasteiger partial charge in [-0.2, -0.15) is 0 Å². The first-order valence-electron chi connectivity index (χ1n) is 5.39. The molecule has 1 unspecified atom stereocenters. The van der Waals surface area contributed by atoms with Crippen LogP contribution in [0.25, 0.3) is 0 Å². The van der Waals surface area contributed by atoms with Gasteiger partial charge >= 0.3 is 5.97 Å². The monoisotopic (exact) mass is 262 g/mol. The zero-order chi connectivity index (χ0) is 13.4. The summed E-state index contributed by atoms with van der Waals surface area (Å²) in [4.78, 5) is 32.9. The maximum Gasteiger partial charge on any atom is 0.303 e. The Kier molecular flexibility index (Phi) is 7.56. The van der Waals surface area contributed by atoms with Crippen molar-refractivity contribution in [1.29, 1.82) is 0 Å². The smallest absolute Gasteiger partial charge is 0.303 e. The molecule has 0 bridgehead atoms. The molecule has 0 rings (SSSR count). The molecular weight excluding hydrogens is 244 g/mol. The Morgan fingerprint density at radius 1 is 1.35 bits per heavy atom. The normalized spacial score (nSPS) is 13.8. The summed E-state index contributed by atoms with van der Waals surface area (Å²) in [6.07, 6.45) is 1.07. The lowest BCUT2D eigenvalue weighted by atomic mass is 10.1. The molecular formula is C10H18N2O4S. The van der Waals surface area contributed by atoms with Crippen molar-refractivity contribution in [2.24, 2.45) is 5.73 Å². The quantitative estimate of drug-likeness (QED) is 0.457. The fourth-order valence-corrected chi connectivity index (χ4v) is 1.43. The van der Waals surface area contributed by atoms with Gasteiger partial charge in [0.05, 0.1) is 12.1 Å². The van der Waals surface area contributed by atoms with Crippen LogP contribution >= 0.6 is 12.6 Å². The predicted octanol–water partition coefficient (Wildman–Crippen LogP) is -0.0802. The summed E-state index contributed by atoms with van der Waals surface area (Å²) in [6.45, 7) is 1.88. The van der Waals surface area contributed by atoms with Crippen LogP contribution in [0.4, 0.5) is 0 Å². The van der Waals surface area contributed by atoms with E-state index in [1.807, 2.05) is 6.92 Å². The molecule has 0 aliphatic heterocycles. The molecule has 0 saturated carbocycles. The lowest BCUT2D eigenvalue weighted by Gasteiger charge is -2.17. The molecule has 0 aromatic carbocycles. The number of rotatable bonds is 8. The average molecular weight is 262 g/mol. The first-order chi connectivity index (χ1) is 7.88. The van der Waals surface area contributed by atoms with Gasteiger partial charge < -0.3 is 16.2 Å². The van der Waals surface area contributed by atoms with E-state index >= 15 is 0 Å². The standard InChI is InChI=1S/C10H18N2O4S/c1-2-3-7(10(16)17)12-9(15)6(11)4-5-8(13)14/h6-7H,2-5,11H2,1H3,(H,12,15)(H,13,14)(H,16,17)/t6-,7?/m0/s1. The van der Waals surface area contributed by atoms with Crippen LogP contribution in [0.2, 0.25) is 0 Å². The molecule has 0 heterocycles. The second-order valence-corrected chi connectivity index (χ2v) is 4.17. The molecule has 2 atom stereocenters. The summed E-state index contributed by atoms with van der Waals surface area (Å²) in [5, 5.41) is 10.5. The van der Waals surface area contributed by atoms with Crippen LogP contribution in [-0.4, -0.2) is 34.2 Å². The largest absolute Gasteiger partial charge is 0.481 e. The number of nitrogens with one attached hydrogen (secondary N) is 1. The molecule has 0 spiro atoms. The SMILES string of the molecule is CCCC(NC(=O)[C@@H](N)CCC(=O)O)C(=O)S. The molecule has 0 aliphatic carbocycles. The van der Waals surface area contributed by atoms with Gasteiger partial charge in [-0.3, -0.25) is 14.4 Å². The molecule has 0 aromatic rings. The first-order valence-corrected chi connectivity index (χ1v) is 5.83. The maximum absolute atomic E-state index is 11.5. The van der Waals surface area contributed by atoms with Gasteiger partial charge in [-0.15, -0.1) is 12.6 Å². The molecule has 0 fully saturated rings. The van der Waals surface area contributed by atoms with E-state index in [0.29, 0.717) is 6.42 Å². The Hall–Kier alpha value is -1.08. The predicted molar refractivity (Wildman–Crippen MR) is 65.7 cm³/mol. The second-order valence-electron chi connectivity index (χ2n) is 3.73. The fourth-order valence-electron chi connectivity index (χ4n) is 1.23. The summed E-state index contributed by atoms with van der Waals surface area (Å²) in [5.41, 5.74) is 5.50. The number of carboxylic acid groups (broad SMARTS) is 1. The van der Waals surface area contributed by atoms with Crippen molar-refractivity contribution in [3.8, 4) is 0 Å². The lowest BCUT2D eigenvalue weighted by Crippen LogP contribution is -2.47. The van der Waals surface area contributed by atoms with E-state index in [2.05, 4.69) is 17.9 Å². The van der Waals surface area contributed by atoms with Gasteiger partial charge in [-0.1, -0.05) is 13.3 Å². The topological polar surface area (TPSA) is 109 Å². The summed E-state index contributed by atoms with van der Waals surface area (Å²) in [5.74, 6) is -1.53. The van der Waals surface area contributed by atoms with E-state index in [1.54, 1.807) is 0 Å². The molecule has 0 aliphatic rings. The van der Waals surface area contributed by atoms with Gasteiger partial charge in [0.2, 0.25) is 11.0 Å². The summed E-state index contributed by atoms with van der Waals surface area (Å²) in [7, 11) is 0. The Balaban J connectivity index is 4.20. The maximum atomic E-state index is 11.5. The number of amides is 1. The molecule has 7 heteroatoms. The minimum Gasteiger partial charge on any atom is -0.481 e. The van der Waals surface area contributed by atoms with Crippen molar-refractivity contribution in [3.63, 3.8) is 0 Å². The Bertz CT molecular complexity index is 296. The highest BCUT2D eigenvalue weighted by molar-refractivity contribution is 7.96. The summed E-state index contributed by atoms with van der Waals surface area (Å²) < 4.78 is 0. The number of aliphatic carboxylic acids is 1. The fraction of sp³-hybridized carbons (Fsp3) is 0.700. The summed E-state index contributed by atoms with van der Waals surface area (Å²) in [6, 6.07) is -1.58. The summed E-state index contributed by atoms with van der Waals surface area (Å²) >= 11 is 3.67. The number of nitrogens with two attached hydrogens (primary N) is 1. The number of carbonyl (C=O) groups excluding carboxylic acids is 2. The third-order valence-corrected chi connectivity index (χ3v) is 2.51. The van der Waals surface area contributed by atoms with E-state index in [4.69, 9.17) is 10.8 Å². The van der Waals surface area contributed by atoms with E-state index < -0.39 is 29.1 Å². The van der Waals surface area contributed by atoms with Crippen LogP contribution in [0.5, 0.6) is 0 Å². The molecule has 98 valence electrons. The third kappa shape index (κ3) is 6.96. The van der Waals surface area contributed by atoms with Gasteiger partial charge in [0.1, 0.15) is 0 Å². The number of hydrogen-bond donors (Lipinski definition) is 4. The Morgan fingerprint density at radius 3 is 2.35 bits per heavy atom. The van der Waals surface area contributed by atoms with Crippen molar-refractivity contribution in [3.05, 3.63) is 0 Å². The van der Waals surface area contributed by atoms with Gasteiger partial charge in [0.25, 0.3) is 0 Å². The number of thiol groups is 1. The van der Waals surface area contributed by atoms with Crippen LogP contribution in [0.3, 0.4) is 0 Å². The Labute approximate surface area is 105 Å². The third-order valence-electron chi connectivity index (χ3n) is 2.20. The van der Waals surface area contributed by atoms with Crippen LogP contribution in [0.15, 0.2) is 0 Å². The van der Waals surface area contributed by atoms with E-state index in [0.717, 1.165) is 6.42 Å². The van der Waals surface area contributed by atoms with Crippen molar-refractivity contribution >= 4 is 29.6 Å². The molecule has 4 N–H and O–H groups in total. The zero-order valence-electron chi connectivity index (χ0n) is 9.68. The highest BCUT2D eigenvalue weighted by Gasteiger charge is 2.21. The van der Waals surface area contributed by atoms with Crippen molar-refractivity contribution in [2.45, 2.75) is 44.7 Å². The molecule has 1 amide bonds. The Morgan fingerprint density at radius 2 is 1.94 bits per heavy atom. The number of hydrogen-bond acceptors (Lipinski definition) is 4. The van der Waals surface area contributed by atoms with Gasteiger partial charge in [-0.25, -0.2) is 0 Å². The van der Waals surface area contributed by atoms with E-state index in [1.165, 1.54) is 0 Å². The molecule has 0 aromatic heterocycles.